The first kappa shape index (κ1) is 16.5. The third-order valence-corrected chi connectivity index (χ3v) is 8.03. The third-order valence-electron chi connectivity index (χ3n) is 5.04. The summed E-state index contributed by atoms with van der Waals surface area (Å²) in [5.41, 5.74) is 2.21. The summed E-state index contributed by atoms with van der Waals surface area (Å²) in [7, 11) is -1.47. The van der Waals surface area contributed by atoms with E-state index in [4.69, 9.17) is 9.31 Å². The zero-order valence-electron chi connectivity index (χ0n) is 14.4. The van der Waals surface area contributed by atoms with Crippen molar-refractivity contribution in [2.75, 3.05) is 19.4 Å². The topological polar surface area (TPSA) is 18.5 Å². The molecule has 1 heterocycles. The van der Waals surface area contributed by atoms with Gasteiger partial charge in [0.1, 0.15) is 12.7 Å². The second-order valence-electron chi connectivity index (χ2n) is 6.86. The van der Waals surface area contributed by atoms with Gasteiger partial charge in [-0.25, -0.2) is 0 Å². The van der Waals surface area contributed by atoms with E-state index in [1.54, 1.807) is 0 Å². The van der Waals surface area contributed by atoms with Gasteiger partial charge < -0.3 is 9.31 Å². The predicted molar refractivity (Wildman–Crippen MR) is 109 cm³/mol. The molecule has 0 saturated carbocycles. The Morgan fingerprint density at radius 1 is 0.640 bits per heavy atom. The average Bonchev–Trinajstić information content (AvgIpc) is 2.71. The number of hydrogen-bond acceptors (Lipinski definition) is 2. The van der Waals surface area contributed by atoms with E-state index < -0.39 is 13.8 Å². The first-order valence-corrected chi connectivity index (χ1v) is 11.3. The van der Waals surface area contributed by atoms with Crippen molar-refractivity contribution in [2.45, 2.75) is 0 Å². The fraction of sp³-hybridized carbons (Fsp3) is 0.143. The third kappa shape index (κ3) is 3.04. The summed E-state index contributed by atoms with van der Waals surface area (Å²) in [6, 6.07) is 31.3. The van der Waals surface area contributed by atoms with Crippen LogP contribution in [0.25, 0.3) is 0 Å². The maximum atomic E-state index is 6.60. The fourth-order valence-corrected chi connectivity index (χ4v) is 5.89. The molecule has 1 aliphatic rings. The molecule has 1 aliphatic heterocycles. The summed E-state index contributed by atoms with van der Waals surface area (Å²) in [5.74, 6) is 0. The van der Waals surface area contributed by atoms with Crippen LogP contribution >= 0.6 is 7.26 Å². The fourth-order valence-electron chi connectivity index (χ4n) is 3.55. The highest BCUT2D eigenvalue weighted by atomic mass is 31.2. The number of benzene rings is 3. The first-order chi connectivity index (χ1) is 12.2. The smallest absolute Gasteiger partial charge is 0.303 e. The molecule has 25 heavy (non-hydrogen) atoms. The Balaban J connectivity index is 1.71. The van der Waals surface area contributed by atoms with E-state index in [0.717, 1.165) is 23.6 Å². The zero-order chi connectivity index (χ0) is 17.2. The van der Waals surface area contributed by atoms with Crippen LogP contribution in [0.4, 0.5) is 0 Å². The van der Waals surface area contributed by atoms with Crippen LogP contribution in [0.2, 0.25) is 0 Å². The van der Waals surface area contributed by atoms with Gasteiger partial charge in [-0.2, -0.15) is 0 Å². The van der Waals surface area contributed by atoms with E-state index in [-0.39, 0.29) is 0 Å². The van der Waals surface area contributed by atoms with Gasteiger partial charge in [0.05, 0.1) is 19.2 Å². The standard InChI is InChI=1S/C21H22BO2P/c1-25(21-15-9-4-10-16-21)17-23-22(24-18-25,19-11-5-2-6-12-19)20-13-7-3-8-14-20/h2-16H,17-18H2,1H3. The zero-order valence-corrected chi connectivity index (χ0v) is 15.3. The Morgan fingerprint density at radius 3 is 1.48 bits per heavy atom. The van der Waals surface area contributed by atoms with E-state index in [1.807, 2.05) is 12.1 Å². The minimum atomic E-state index is -1.64. The van der Waals surface area contributed by atoms with Crippen LogP contribution in [0.1, 0.15) is 0 Å². The van der Waals surface area contributed by atoms with Crippen molar-refractivity contribution in [3.05, 3.63) is 91.0 Å². The van der Waals surface area contributed by atoms with Crippen molar-refractivity contribution in [1.82, 2.24) is 0 Å². The minimum absolute atomic E-state index is 0.737. The van der Waals surface area contributed by atoms with E-state index in [1.165, 1.54) is 5.30 Å². The lowest BCUT2D eigenvalue weighted by Crippen LogP contribution is -2.65. The summed E-state index contributed by atoms with van der Waals surface area (Å²) in [6.45, 7) is 0.682. The van der Waals surface area contributed by atoms with Crippen LogP contribution in [-0.4, -0.2) is 25.9 Å². The highest BCUT2D eigenvalue weighted by Crippen LogP contribution is 2.56. The van der Waals surface area contributed by atoms with Gasteiger partial charge in [-0.05, 0) is 12.1 Å². The van der Waals surface area contributed by atoms with Crippen molar-refractivity contribution in [3.8, 4) is 0 Å². The van der Waals surface area contributed by atoms with Gasteiger partial charge in [-0.1, -0.05) is 78.9 Å². The Morgan fingerprint density at radius 2 is 1.04 bits per heavy atom. The van der Waals surface area contributed by atoms with Gasteiger partial charge in [0.2, 0.25) is 0 Å². The van der Waals surface area contributed by atoms with Crippen LogP contribution in [0.15, 0.2) is 91.0 Å². The summed E-state index contributed by atoms with van der Waals surface area (Å²) in [5, 5.41) is 1.36. The number of hydrogen-bond donors (Lipinski definition) is 0. The van der Waals surface area contributed by atoms with Crippen molar-refractivity contribution >= 4 is 30.0 Å². The first-order valence-electron chi connectivity index (χ1n) is 8.66. The summed E-state index contributed by atoms with van der Waals surface area (Å²) in [6.07, 6.45) is 1.47. The molecule has 2 nitrogen and oxygen atoms in total. The molecule has 0 N–H and O–H groups in total. The maximum Gasteiger partial charge on any atom is 0.303 e. The van der Waals surface area contributed by atoms with E-state index in [9.17, 15) is 0 Å². The van der Waals surface area contributed by atoms with Gasteiger partial charge in [-0.15, -0.1) is 10.9 Å². The molecule has 1 fully saturated rings. The van der Waals surface area contributed by atoms with Crippen LogP contribution in [0, 0.1) is 0 Å². The predicted octanol–water partition coefficient (Wildman–Crippen LogP) is 3.18. The van der Waals surface area contributed by atoms with Crippen LogP contribution < -0.4 is 16.2 Å². The molecule has 0 spiro atoms. The quantitative estimate of drug-likeness (QED) is 0.535. The van der Waals surface area contributed by atoms with Gasteiger partial charge in [-0.3, -0.25) is 0 Å². The molecule has 126 valence electrons. The van der Waals surface area contributed by atoms with E-state index in [2.05, 4.69) is 85.5 Å². The molecule has 1 saturated heterocycles. The molecule has 0 bridgehead atoms. The molecule has 3 aromatic rings. The molecular weight excluding hydrogens is 326 g/mol. The molecule has 0 aliphatic carbocycles. The average molecular weight is 348 g/mol. The highest BCUT2D eigenvalue weighted by Gasteiger charge is 2.45. The lowest BCUT2D eigenvalue weighted by Gasteiger charge is -2.48. The van der Waals surface area contributed by atoms with E-state index >= 15 is 0 Å². The minimum Gasteiger partial charge on any atom is -0.530 e. The largest absolute Gasteiger partial charge is 0.530 e. The number of rotatable bonds is 3. The summed E-state index contributed by atoms with van der Waals surface area (Å²) < 4.78 is 13.2. The second-order valence-corrected chi connectivity index (χ2v) is 10.7. The molecule has 0 atom stereocenters. The van der Waals surface area contributed by atoms with Gasteiger partial charge in [0.25, 0.3) is 0 Å². The lowest BCUT2D eigenvalue weighted by atomic mass is 9.46. The van der Waals surface area contributed by atoms with Crippen molar-refractivity contribution in [2.24, 2.45) is 0 Å². The van der Waals surface area contributed by atoms with Crippen LogP contribution in [0.3, 0.4) is 0 Å². The van der Waals surface area contributed by atoms with Gasteiger partial charge in [0, 0.05) is 0 Å². The summed E-state index contributed by atoms with van der Waals surface area (Å²) in [4.78, 5) is 0. The highest BCUT2D eigenvalue weighted by molar-refractivity contribution is 7.82. The Labute approximate surface area is 150 Å². The SMILES string of the molecule is C[P+]1(c2ccccc2)CO[B-](c2ccccc2)(c2ccccc2)OC1. The molecule has 0 unspecified atom stereocenters. The Hall–Kier alpha value is -1.93. The maximum absolute atomic E-state index is 6.60. The molecular formula is C21H22BO2P. The molecule has 4 rings (SSSR count). The van der Waals surface area contributed by atoms with Crippen molar-refractivity contribution in [1.29, 1.82) is 0 Å². The van der Waals surface area contributed by atoms with Crippen molar-refractivity contribution in [3.63, 3.8) is 0 Å². The summed E-state index contributed by atoms with van der Waals surface area (Å²) >= 11 is 0. The second kappa shape index (κ2) is 6.76. The Bertz CT molecular complexity index is 775. The monoisotopic (exact) mass is 348 g/mol. The Kier molecular flexibility index (Phi) is 4.47. The lowest BCUT2D eigenvalue weighted by molar-refractivity contribution is 0.225. The molecule has 0 amide bonds. The molecule has 0 aromatic heterocycles. The van der Waals surface area contributed by atoms with E-state index in [0.29, 0.717) is 0 Å². The molecule has 3 aromatic carbocycles. The van der Waals surface area contributed by atoms with Gasteiger partial charge >= 0.3 is 6.55 Å². The van der Waals surface area contributed by atoms with Crippen LogP contribution in [0.5, 0.6) is 0 Å². The normalized spacial score (nSPS) is 18.6. The molecule has 4 heteroatoms. The van der Waals surface area contributed by atoms with Crippen molar-refractivity contribution < 1.29 is 9.31 Å². The molecule has 0 radical (unpaired) electrons. The van der Waals surface area contributed by atoms with Gasteiger partial charge in [0.15, 0.2) is 0 Å². The van der Waals surface area contributed by atoms with Crippen LogP contribution in [-0.2, 0) is 9.31 Å².